The van der Waals surface area contributed by atoms with Crippen LogP contribution in [0, 0.1) is 5.82 Å². The SMILES string of the molecule is COc1ccc(/C(O)=C2\C(=O)C(=O)N(c3nnc(SCc4cccc5ccccc45)s3)C2c2ccc(N(C)C)cc2)cc1F. The zero-order valence-corrected chi connectivity index (χ0v) is 25.7. The third-order valence-electron chi connectivity index (χ3n) is 7.43. The predicted molar refractivity (Wildman–Crippen MR) is 172 cm³/mol. The molecule has 6 rings (SSSR count). The number of rotatable bonds is 8. The first kappa shape index (κ1) is 29.3. The van der Waals surface area contributed by atoms with Crippen molar-refractivity contribution < 1.29 is 23.8 Å². The summed E-state index contributed by atoms with van der Waals surface area (Å²) >= 11 is 2.67. The number of nitrogens with zero attached hydrogens (tertiary/aromatic N) is 4. The first-order chi connectivity index (χ1) is 21.3. The minimum atomic E-state index is -1.01. The van der Waals surface area contributed by atoms with Crippen LogP contribution >= 0.6 is 23.1 Å². The van der Waals surface area contributed by atoms with Gasteiger partial charge in [0.15, 0.2) is 15.9 Å². The largest absolute Gasteiger partial charge is 0.507 e. The highest BCUT2D eigenvalue weighted by Gasteiger charge is 2.48. The number of aliphatic hydroxyl groups is 1. The van der Waals surface area contributed by atoms with E-state index in [0.717, 1.165) is 28.1 Å². The van der Waals surface area contributed by atoms with Gasteiger partial charge in [-0.15, -0.1) is 10.2 Å². The fourth-order valence-electron chi connectivity index (χ4n) is 5.19. The minimum Gasteiger partial charge on any atom is -0.507 e. The summed E-state index contributed by atoms with van der Waals surface area (Å²) in [4.78, 5) is 30.3. The Morgan fingerprint density at radius 3 is 2.50 bits per heavy atom. The molecule has 4 aromatic carbocycles. The Kier molecular flexibility index (Phi) is 8.07. The number of ether oxygens (including phenoxy) is 1. The molecule has 2 heterocycles. The van der Waals surface area contributed by atoms with Crippen LogP contribution in [0.2, 0.25) is 0 Å². The lowest BCUT2D eigenvalue weighted by molar-refractivity contribution is -0.132. The van der Waals surface area contributed by atoms with Crippen molar-refractivity contribution in [2.45, 2.75) is 16.1 Å². The van der Waals surface area contributed by atoms with Crippen molar-refractivity contribution in [1.82, 2.24) is 10.2 Å². The zero-order valence-electron chi connectivity index (χ0n) is 24.0. The van der Waals surface area contributed by atoms with Crippen LogP contribution in [0.15, 0.2) is 94.8 Å². The van der Waals surface area contributed by atoms with E-state index in [-0.39, 0.29) is 22.0 Å². The average Bonchev–Trinajstić information content (AvgIpc) is 3.61. The van der Waals surface area contributed by atoms with Crippen molar-refractivity contribution in [2.75, 3.05) is 31.0 Å². The molecule has 0 aliphatic carbocycles. The molecule has 222 valence electrons. The maximum atomic E-state index is 14.6. The second kappa shape index (κ2) is 12.1. The molecule has 1 fully saturated rings. The number of thioether (sulfide) groups is 1. The molecule has 1 aliphatic heterocycles. The van der Waals surface area contributed by atoms with Crippen LogP contribution in [0.25, 0.3) is 16.5 Å². The highest BCUT2D eigenvalue weighted by atomic mass is 32.2. The van der Waals surface area contributed by atoms with Gasteiger partial charge in [-0.3, -0.25) is 14.5 Å². The molecule has 8 nitrogen and oxygen atoms in total. The number of halogens is 1. The Bertz CT molecular complexity index is 1920. The number of methoxy groups -OCH3 is 1. The number of aromatic nitrogens is 2. The first-order valence-electron chi connectivity index (χ1n) is 13.6. The Morgan fingerprint density at radius 1 is 1.02 bits per heavy atom. The van der Waals surface area contributed by atoms with Crippen molar-refractivity contribution in [3.05, 3.63) is 113 Å². The summed E-state index contributed by atoms with van der Waals surface area (Å²) < 4.78 is 20.2. The van der Waals surface area contributed by atoms with Crippen molar-refractivity contribution in [3.8, 4) is 5.75 Å². The number of carbonyl (C=O) groups excluding carboxylic acids is 2. The monoisotopic (exact) mass is 626 g/mol. The van der Waals surface area contributed by atoms with Crippen LogP contribution in [0.3, 0.4) is 0 Å². The van der Waals surface area contributed by atoms with Crippen LogP contribution in [-0.2, 0) is 15.3 Å². The number of fused-ring (bicyclic) bond motifs is 1. The maximum absolute atomic E-state index is 14.6. The molecule has 1 saturated heterocycles. The maximum Gasteiger partial charge on any atom is 0.301 e. The normalized spacial score (nSPS) is 16.1. The van der Waals surface area contributed by atoms with Gasteiger partial charge in [0, 0.05) is 31.1 Å². The average molecular weight is 627 g/mol. The number of aliphatic hydroxyl groups excluding tert-OH is 1. The Hall–Kier alpha value is -4.74. The number of hydrogen-bond acceptors (Lipinski definition) is 9. The molecule has 1 aliphatic rings. The van der Waals surface area contributed by atoms with E-state index in [1.54, 1.807) is 12.1 Å². The smallest absolute Gasteiger partial charge is 0.301 e. The Morgan fingerprint density at radius 2 is 1.77 bits per heavy atom. The number of carbonyl (C=O) groups is 2. The molecule has 0 bridgehead atoms. The molecule has 1 amide bonds. The molecule has 1 atom stereocenters. The van der Waals surface area contributed by atoms with Crippen molar-refractivity contribution >= 4 is 62.1 Å². The summed E-state index contributed by atoms with van der Waals surface area (Å²) in [7, 11) is 5.13. The van der Waals surface area contributed by atoms with Gasteiger partial charge in [-0.1, -0.05) is 77.7 Å². The number of ketones is 1. The van der Waals surface area contributed by atoms with Gasteiger partial charge in [0.2, 0.25) is 5.13 Å². The second-order valence-corrected chi connectivity index (χ2v) is 12.5. The molecule has 0 radical (unpaired) electrons. The molecular weight excluding hydrogens is 600 g/mol. The fraction of sp³-hybridized carbons (Fsp3) is 0.152. The fourth-order valence-corrected chi connectivity index (χ4v) is 7.06. The van der Waals surface area contributed by atoms with Crippen LogP contribution in [0.4, 0.5) is 15.2 Å². The highest BCUT2D eigenvalue weighted by Crippen LogP contribution is 2.44. The van der Waals surface area contributed by atoms with E-state index in [0.29, 0.717) is 15.7 Å². The predicted octanol–water partition coefficient (Wildman–Crippen LogP) is 6.82. The van der Waals surface area contributed by atoms with E-state index in [1.165, 1.54) is 47.2 Å². The van der Waals surface area contributed by atoms with E-state index in [9.17, 15) is 19.1 Å². The lowest BCUT2D eigenvalue weighted by atomic mass is 9.95. The van der Waals surface area contributed by atoms with Gasteiger partial charge < -0.3 is 14.7 Å². The quantitative estimate of drug-likeness (QED) is 0.0659. The van der Waals surface area contributed by atoms with Crippen molar-refractivity contribution in [3.63, 3.8) is 0 Å². The molecular formula is C33H27FN4O4S2. The summed E-state index contributed by atoms with van der Waals surface area (Å²) in [5.74, 6) is -2.35. The van der Waals surface area contributed by atoms with E-state index in [2.05, 4.69) is 34.5 Å². The molecule has 1 unspecified atom stereocenters. The number of benzene rings is 4. The standard InChI is InChI=1S/C33H27FN4O4S2/c1-37(2)23-14-11-20(12-15-23)28-27(29(39)21-13-16-26(42-3)25(34)17-21)30(40)31(41)38(28)32-35-36-33(44-32)43-18-22-9-6-8-19-7-4-5-10-24(19)22/h4-17,28,39H,18H2,1-3H3/b29-27+. The highest BCUT2D eigenvalue weighted by molar-refractivity contribution is 8.00. The van der Waals surface area contributed by atoms with Gasteiger partial charge in [-0.05, 0) is 52.2 Å². The number of amides is 1. The van der Waals surface area contributed by atoms with E-state index in [1.807, 2.05) is 49.3 Å². The van der Waals surface area contributed by atoms with Gasteiger partial charge in [-0.2, -0.15) is 0 Å². The van der Waals surface area contributed by atoms with E-state index < -0.39 is 29.3 Å². The molecule has 11 heteroatoms. The lowest BCUT2D eigenvalue weighted by Crippen LogP contribution is -2.29. The van der Waals surface area contributed by atoms with Gasteiger partial charge in [0.05, 0.1) is 18.7 Å². The summed E-state index contributed by atoms with van der Waals surface area (Å²) in [5.41, 5.74) is 2.49. The number of anilines is 2. The summed E-state index contributed by atoms with van der Waals surface area (Å²) in [6.45, 7) is 0. The zero-order chi connectivity index (χ0) is 31.0. The molecule has 1 N–H and O–H groups in total. The number of Topliss-reactive ketones (excluding diaryl/α,β-unsaturated/α-hetero) is 1. The number of hydrogen-bond donors (Lipinski definition) is 1. The molecule has 5 aromatic rings. The van der Waals surface area contributed by atoms with Gasteiger partial charge in [0.25, 0.3) is 5.78 Å². The van der Waals surface area contributed by atoms with Gasteiger partial charge >= 0.3 is 5.91 Å². The van der Waals surface area contributed by atoms with Crippen LogP contribution < -0.4 is 14.5 Å². The van der Waals surface area contributed by atoms with E-state index in [4.69, 9.17) is 4.74 Å². The van der Waals surface area contributed by atoms with Crippen LogP contribution in [-0.4, -0.2) is 48.2 Å². The molecule has 0 spiro atoms. The minimum absolute atomic E-state index is 0.0137. The van der Waals surface area contributed by atoms with Gasteiger partial charge in [-0.25, -0.2) is 4.39 Å². The molecule has 1 aromatic heterocycles. The lowest BCUT2D eigenvalue weighted by Gasteiger charge is -2.23. The molecule has 0 saturated carbocycles. The van der Waals surface area contributed by atoms with Gasteiger partial charge in [0.1, 0.15) is 5.76 Å². The van der Waals surface area contributed by atoms with Crippen molar-refractivity contribution in [1.29, 1.82) is 0 Å². The van der Waals surface area contributed by atoms with Crippen LogP contribution in [0.5, 0.6) is 5.75 Å². The summed E-state index contributed by atoms with van der Waals surface area (Å²) in [6.07, 6.45) is 0. The third-order valence-corrected chi connectivity index (χ3v) is 9.53. The summed E-state index contributed by atoms with van der Waals surface area (Å²) in [5, 5.41) is 22.5. The Labute approximate surface area is 261 Å². The second-order valence-electron chi connectivity index (χ2n) is 10.3. The van der Waals surface area contributed by atoms with Crippen molar-refractivity contribution in [2.24, 2.45) is 0 Å². The Balaban J connectivity index is 1.38. The summed E-state index contributed by atoms with van der Waals surface area (Å²) in [6, 6.07) is 24.4. The first-order valence-corrected chi connectivity index (χ1v) is 15.4. The topological polar surface area (TPSA) is 95.9 Å². The third kappa shape index (κ3) is 5.40. The van der Waals surface area contributed by atoms with E-state index >= 15 is 0 Å². The molecule has 44 heavy (non-hydrogen) atoms. The van der Waals surface area contributed by atoms with Crippen LogP contribution in [0.1, 0.15) is 22.7 Å².